The van der Waals surface area contributed by atoms with Gasteiger partial charge in [0.05, 0.1) is 11.2 Å². The summed E-state index contributed by atoms with van der Waals surface area (Å²) in [7, 11) is 0. The van der Waals surface area contributed by atoms with Crippen LogP contribution < -0.4 is 11.1 Å². The molecular weight excluding hydrogens is 306 g/mol. The van der Waals surface area contributed by atoms with Crippen LogP contribution in [-0.4, -0.2) is 10.4 Å². The highest BCUT2D eigenvalue weighted by atomic mass is 32.1. The smallest absolute Gasteiger partial charge is 0.127 e. The molecule has 0 saturated heterocycles. The Bertz CT molecular complexity index is 695. The number of nitrogens with zero attached hydrogens (tertiary/aromatic N) is 1. The molecule has 0 saturated carbocycles. The number of nitrogens with two attached hydrogens (primary N) is 1. The van der Waals surface area contributed by atoms with Gasteiger partial charge in [0, 0.05) is 15.8 Å². The molecule has 3 aromatic heterocycles. The Hall–Kier alpha value is -0.950. The summed E-state index contributed by atoms with van der Waals surface area (Å²) in [6.07, 6.45) is 0.932. The summed E-state index contributed by atoms with van der Waals surface area (Å²) in [5.74, 6) is 0. The number of hydrogen-bond acceptors (Lipinski definition) is 6. The lowest BCUT2D eigenvalue weighted by molar-refractivity contribution is 0.744. The topological polar surface area (TPSA) is 50.9 Å². The van der Waals surface area contributed by atoms with Crippen LogP contribution in [0.5, 0.6) is 0 Å². The first kappa shape index (κ1) is 14.0. The van der Waals surface area contributed by atoms with Crippen LogP contribution in [0.2, 0.25) is 0 Å². The second-order valence-corrected chi connectivity index (χ2v) is 7.86. The van der Waals surface area contributed by atoms with Gasteiger partial charge in [-0.15, -0.1) is 22.7 Å². The van der Waals surface area contributed by atoms with Crippen molar-refractivity contribution >= 4 is 49.4 Å². The SMILES string of the molecule is Cc1c(C[C@H](C)N)sc2c(NCc3cccs3)snc12. The van der Waals surface area contributed by atoms with Crippen molar-refractivity contribution in [1.29, 1.82) is 0 Å². The van der Waals surface area contributed by atoms with E-state index in [2.05, 4.69) is 41.1 Å². The van der Waals surface area contributed by atoms with Crippen LogP contribution in [-0.2, 0) is 13.0 Å². The summed E-state index contributed by atoms with van der Waals surface area (Å²) in [4.78, 5) is 2.71. The van der Waals surface area contributed by atoms with Crippen molar-refractivity contribution in [1.82, 2.24) is 4.37 Å². The third-order valence-electron chi connectivity index (χ3n) is 3.16. The fourth-order valence-corrected chi connectivity index (χ4v) is 5.10. The van der Waals surface area contributed by atoms with Crippen molar-refractivity contribution < 1.29 is 0 Å². The van der Waals surface area contributed by atoms with Crippen LogP contribution in [0, 0.1) is 6.92 Å². The zero-order valence-corrected chi connectivity index (χ0v) is 13.9. The van der Waals surface area contributed by atoms with E-state index in [1.807, 2.05) is 11.3 Å². The van der Waals surface area contributed by atoms with Crippen molar-refractivity contribution in [2.45, 2.75) is 32.9 Å². The van der Waals surface area contributed by atoms with Gasteiger partial charge < -0.3 is 11.1 Å². The molecule has 3 heterocycles. The number of nitrogens with one attached hydrogen (secondary N) is 1. The average Bonchev–Trinajstić information content (AvgIpc) is 3.08. The molecule has 6 heteroatoms. The van der Waals surface area contributed by atoms with Crippen molar-refractivity contribution in [3.8, 4) is 0 Å². The lowest BCUT2D eigenvalue weighted by Gasteiger charge is -2.03. The van der Waals surface area contributed by atoms with E-state index in [-0.39, 0.29) is 6.04 Å². The second kappa shape index (κ2) is 5.81. The lowest BCUT2D eigenvalue weighted by Crippen LogP contribution is -2.17. The van der Waals surface area contributed by atoms with Gasteiger partial charge in [-0.25, -0.2) is 0 Å². The zero-order chi connectivity index (χ0) is 14.1. The van der Waals surface area contributed by atoms with Gasteiger partial charge in [0.2, 0.25) is 0 Å². The quantitative estimate of drug-likeness (QED) is 0.739. The van der Waals surface area contributed by atoms with Crippen molar-refractivity contribution in [2.24, 2.45) is 5.73 Å². The van der Waals surface area contributed by atoms with E-state index in [1.54, 1.807) is 22.9 Å². The molecule has 0 bridgehead atoms. The molecule has 0 fully saturated rings. The Kier molecular flexibility index (Phi) is 4.07. The van der Waals surface area contributed by atoms with Gasteiger partial charge in [-0.05, 0) is 48.8 Å². The number of thiophene rings is 2. The third kappa shape index (κ3) is 2.74. The highest BCUT2D eigenvalue weighted by molar-refractivity contribution is 7.24. The first-order valence-electron chi connectivity index (χ1n) is 6.54. The van der Waals surface area contributed by atoms with Gasteiger partial charge >= 0.3 is 0 Å². The molecule has 1 atom stereocenters. The number of hydrogen-bond donors (Lipinski definition) is 2. The molecule has 0 aliphatic heterocycles. The summed E-state index contributed by atoms with van der Waals surface area (Å²) in [5.41, 5.74) is 8.36. The van der Waals surface area contributed by atoms with Gasteiger partial charge in [0.1, 0.15) is 10.5 Å². The summed E-state index contributed by atoms with van der Waals surface area (Å²) < 4.78 is 5.88. The molecule has 106 valence electrons. The normalized spacial score (nSPS) is 12.9. The zero-order valence-electron chi connectivity index (χ0n) is 11.5. The van der Waals surface area contributed by atoms with Crippen LogP contribution in [0.4, 0.5) is 5.00 Å². The Balaban J connectivity index is 1.84. The lowest BCUT2D eigenvalue weighted by atomic mass is 10.1. The standard InChI is InChI=1S/C14H17N3S3/c1-8(15)6-11-9(2)12-13(19-11)14(20-17-12)16-7-10-4-3-5-18-10/h3-5,8,16H,6-7,15H2,1-2H3/t8-/m0/s1. The van der Waals surface area contributed by atoms with Gasteiger partial charge in [-0.1, -0.05) is 6.07 Å². The summed E-state index contributed by atoms with van der Waals surface area (Å²) >= 11 is 5.16. The number of aryl methyl sites for hydroxylation is 1. The maximum Gasteiger partial charge on any atom is 0.127 e. The highest BCUT2D eigenvalue weighted by Crippen LogP contribution is 2.38. The van der Waals surface area contributed by atoms with Gasteiger partial charge in [0.25, 0.3) is 0 Å². The minimum Gasteiger partial charge on any atom is -0.370 e. The fraction of sp³-hybridized carbons (Fsp3) is 0.357. The number of rotatable bonds is 5. The molecule has 0 spiro atoms. The van der Waals surface area contributed by atoms with E-state index in [0.717, 1.165) is 18.5 Å². The van der Waals surface area contributed by atoms with Crippen molar-refractivity contribution in [3.63, 3.8) is 0 Å². The Labute approximate surface area is 130 Å². The molecule has 0 aliphatic rings. The Morgan fingerprint density at radius 2 is 2.30 bits per heavy atom. The van der Waals surface area contributed by atoms with Gasteiger partial charge in [0.15, 0.2) is 0 Å². The molecule has 0 radical (unpaired) electrons. The number of fused-ring (bicyclic) bond motifs is 1. The van der Waals surface area contributed by atoms with E-state index in [4.69, 9.17) is 5.73 Å². The Morgan fingerprint density at radius 1 is 1.45 bits per heavy atom. The van der Waals surface area contributed by atoms with Gasteiger partial charge in [-0.3, -0.25) is 0 Å². The van der Waals surface area contributed by atoms with Crippen molar-refractivity contribution in [3.05, 3.63) is 32.8 Å². The predicted molar refractivity (Wildman–Crippen MR) is 91.2 cm³/mol. The molecule has 20 heavy (non-hydrogen) atoms. The molecule has 0 unspecified atom stereocenters. The Morgan fingerprint density at radius 3 is 3.00 bits per heavy atom. The molecule has 3 rings (SSSR count). The third-order valence-corrected chi connectivity index (χ3v) is 6.29. The average molecular weight is 324 g/mol. The van der Waals surface area contributed by atoms with Crippen LogP contribution in [0.25, 0.3) is 10.2 Å². The fourth-order valence-electron chi connectivity index (χ4n) is 2.13. The molecule has 3 nitrogen and oxygen atoms in total. The largest absolute Gasteiger partial charge is 0.370 e. The molecular formula is C14H17N3S3. The molecule has 0 aromatic carbocycles. The summed E-state index contributed by atoms with van der Waals surface area (Å²) in [6.45, 7) is 5.07. The van der Waals surface area contributed by atoms with E-state index >= 15 is 0 Å². The van der Waals surface area contributed by atoms with Crippen LogP contribution in [0.15, 0.2) is 17.5 Å². The molecule has 0 aliphatic carbocycles. The summed E-state index contributed by atoms with van der Waals surface area (Å²) in [5, 5.41) is 6.79. The number of anilines is 1. The van der Waals surface area contributed by atoms with E-state index < -0.39 is 0 Å². The minimum atomic E-state index is 0.197. The first-order valence-corrected chi connectivity index (χ1v) is 9.01. The monoisotopic (exact) mass is 323 g/mol. The maximum absolute atomic E-state index is 5.92. The molecule has 3 N–H and O–H groups in total. The summed E-state index contributed by atoms with van der Waals surface area (Å²) in [6, 6.07) is 4.43. The van der Waals surface area contributed by atoms with E-state index in [0.29, 0.717) is 0 Å². The van der Waals surface area contributed by atoms with E-state index in [9.17, 15) is 0 Å². The number of aromatic nitrogens is 1. The van der Waals surface area contributed by atoms with Crippen LogP contribution >= 0.6 is 34.2 Å². The first-order chi connectivity index (χ1) is 9.65. The predicted octanol–water partition coefficient (Wildman–Crippen LogP) is 4.23. The van der Waals surface area contributed by atoms with Crippen molar-refractivity contribution in [2.75, 3.05) is 5.32 Å². The molecule has 3 aromatic rings. The second-order valence-electron chi connectivity index (χ2n) is 4.95. The molecule has 0 amide bonds. The maximum atomic E-state index is 5.92. The highest BCUT2D eigenvalue weighted by Gasteiger charge is 2.16. The van der Waals surface area contributed by atoms with E-state index in [1.165, 1.54) is 25.0 Å². The van der Waals surface area contributed by atoms with Gasteiger partial charge in [-0.2, -0.15) is 4.37 Å². The minimum absolute atomic E-state index is 0.197. The van der Waals surface area contributed by atoms with Crippen LogP contribution in [0.3, 0.4) is 0 Å². The van der Waals surface area contributed by atoms with Crippen LogP contribution in [0.1, 0.15) is 22.2 Å².